The molecule has 4 nitrogen and oxygen atoms in total. The smallest absolute Gasteiger partial charge is 0.164 e. The molecule has 0 saturated heterocycles. The average Bonchev–Trinajstić information content (AvgIpc) is 3.63. The summed E-state index contributed by atoms with van der Waals surface area (Å²) in [6.45, 7) is 6.82. The normalized spacial score (nSPS) is 14.2. The predicted octanol–water partition coefficient (Wildman–Crippen LogP) is 14.9. The lowest BCUT2D eigenvalue weighted by molar-refractivity contribution is 0.750. The van der Waals surface area contributed by atoms with Gasteiger partial charge in [0, 0.05) is 32.8 Å². The molecule has 11 rings (SSSR count). The van der Waals surface area contributed by atoms with Crippen molar-refractivity contribution in [2.75, 3.05) is 0 Å². The van der Waals surface area contributed by atoms with Crippen molar-refractivity contribution >= 4 is 48.9 Å². The number of allylic oxidation sites excluding steroid dienone is 4. The molecule has 0 fully saturated rings. The van der Waals surface area contributed by atoms with Crippen molar-refractivity contribution in [1.82, 2.24) is 19.5 Å². The van der Waals surface area contributed by atoms with Gasteiger partial charge < -0.3 is 4.57 Å². The summed E-state index contributed by atoms with van der Waals surface area (Å²) in [5.41, 5.74) is 14.0. The van der Waals surface area contributed by atoms with Crippen LogP contribution in [0, 0.1) is 5.92 Å². The third-order valence-corrected chi connectivity index (χ3v) is 12.6. The molecular formula is C57H44N4. The fourth-order valence-corrected chi connectivity index (χ4v) is 9.67. The predicted molar refractivity (Wildman–Crippen MR) is 256 cm³/mol. The highest BCUT2D eigenvalue weighted by Crippen LogP contribution is 2.42. The van der Waals surface area contributed by atoms with E-state index in [0.717, 1.165) is 51.6 Å². The highest BCUT2D eigenvalue weighted by atomic mass is 15.0. The molecule has 0 N–H and O–H groups in total. The molecule has 292 valence electrons. The van der Waals surface area contributed by atoms with E-state index in [0.29, 0.717) is 23.4 Å². The quantitative estimate of drug-likeness (QED) is 0.162. The molecule has 1 aliphatic carbocycles. The van der Waals surface area contributed by atoms with E-state index >= 15 is 0 Å². The fraction of sp³-hybridized carbons (Fsp3) is 0.105. The maximum absolute atomic E-state index is 5.45. The van der Waals surface area contributed by atoms with Gasteiger partial charge in [-0.15, -0.1) is 0 Å². The molecule has 0 bridgehead atoms. The van der Waals surface area contributed by atoms with Gasteiger partial charge in [-0.05, 0) is 99.5 Å². The van der Waals surface area contributed by atoms with Crippen LogP contribution in [0.15, 0.2) is 188 Å². The lowest BCUT2D eigenvalue weighted by Gasteiger charge is -2.25. The minimum atomic E-state index is 0.373. The zero-order valence-electron chi connectivity index (χ0n) is 34.6. The zero-order valence-corrected chi connectivity index (χ0v) is 34.6. The standard InChI is InChI=1S/C57H44N4/c1-4-38-22-13-27-48(54(38)53-36(2)16-12-17-37(53)3)57-59-55(41-32-30-40(31-33-41)39-18-6-5-7-19-39)58-56(60-57)47-26-14-25-45-44(47)24-15-29-51(45)61-50-28-11-10-23-46(50)49-34-42-20-8-9-21-43(42)35-52(49)61/h5-16,18-35,37H,4,17H2,1-3H3. The van der Waals surface area contributed by atoms with Crippen LogP contribution in [0.5, 0.6) is 0 Å². The first-order chi connectivity index (χ1) is 30.0. The van der Waals surface area contributed by atoms with Gasteiger partial charge in [-0.2, -0.15) is 0 Å². The lowest BCUT2D eigenvalue weighted by Crippen LogP contribution is -2.09. The van der Waals surface area contributed by atoms with Crippen molar-refractivity contribution in [3.63, 3.8) is 0 Å². The molecule has 4 heteroatoms. The Bertz CT molecular complexity index is 3390. The molecular weight excluding hydrogens is 741 g/mol. The monoisotopic (exact) mass is 784 g/mol. The minimum Gasteiger partial charge on any atom is -0.309 e. The number of nitrogens with zero attached hydrogens (tertiary/aromatic N) is 4. The fourth-order valence-electron chi connectivity index (χ4n) is 9.67. The van der Waals surface area contributed by atoms with Gasteiger partial charge in [0.1, 0.15) is 0 Å². The molecule has 1 aliphatic rings. The Hall–Kier alpha value is -7.43. The van der Waals surface area contributed by atoms with E-state index in [2.05, 4.69) is 207 Å². The minimum absolute atomic E-state index is 0.373. The Morgan fingerprint density at radius 1 is 0.525 bits per heavy atom. The molecule has 2 aromatic heterocycles. The van der Waals surface area contributed by atoms with Gasteiger partial charge in [0.2, 0.25) is 0 Å². The third-order valence-electron chi connectivity index (χ3n) is 12.6. The molecule has 8 aromatic carbocycles. The van der Waals surface area contributed by atoms with Gasteiger partial charge in [-0.25, -0.2) is 15.0 Å². The second-order valence-electron chi connectivity index (χ2n) is 16.3. The van der Waals surface area contributed by atoms with Crippen LogP contribution in [0.3, 0.4) is 0 Å². The Labute approximate surface area is 356 Å². The second-order valence-corrected chi connectivity index (χ2v) is 16.3. The average molecular weight is 785 g/mol. The summed E-state index contributed by atoms with van der Waals surface area (Å²) in [6, 6.07) is 61.0. The van der Waals surface area contributed by atoms with Crippen LogP contribution in [0.1, 0.15) is 38.3 Å². The first-order valence-corrected chi connectivity index (χ1v) is 21.4. The van der Waals surface area contributed by atoms with Crippen LogP contribution in [0.2, 0.25) is 0 Å². The number of fused-ring (bicyclic) bond motifs is 5. The van der Waals surface area contributed by atoms with Crippen molar-refractivity contribution in [2.24, 2.45) is 5.92 Å². The Morgan fingerprint density at radius 2 is 1.15 bits per heavy atom. The summed E-state index contributed by atoms with van der Waals surface area (Å²) in [5, 5.41) is 7.15. The lowest BCUT2D eigenvalue weighted by atomic mass is 9.80. The van der Waals surface area contributed by atoms with Crippen LogP contribution >= 0.6 is 0 Å². The van der Waals surface area contributed by atoms with Gasteiger partial charge in [0.15, 0.2) is 17.5 Å². The van der Waals surface area contributed by atoms with Gasteiger partial charge in [-0.3, -0.25) is 0 Å². The molecule has 0 saturated carbocycles. The van der Waals surface area contributed by atoms with E-state index < -0.39 is 0 Å². The first kappa shape index (κ1) is 36.6. The van der Waals surface area contributed by atoms with Crippen molar-refractivity contribution in [2.45, 2.75) is 33.6 Å². The SMILES string of the molecule is CCc1cccc(-c2nc(-c3ccc(-c4ccccc4)cc3)nc(-c3cccc4c(-n5c6ccccc6c6cc7ccccc7cc65)cccc34)n2)c1C1=C(C)C=CCC1C. The zero-order chi connectivity index (χ0) is 41.0. The molecule has 1 atom stereocenters. The summed E-state index contributed by atoms with van der Waals surface area (Å²) >= 11 is 0. The molecule has 10 aromatic rings. The number of hydrogen-bond donors (Lipinski definition) is 0. The molecule has 61 heavy (non-hydrogen) atoms. The van der Waals surface area contributed by atoms with Crippen LogP contribution in [0.4, 0.5) is 0 Å². The van der Waals surface area contributed by atoms with Crippen LogP contribution < -0.4 is 0 Å². The van der Waals surface area contributed by atoms with Crippen LogP contribution in [0.25, 0.3) is 99.9 Å². The molecule has 0 spiro atoms. The number of rotatable bonds is 7. The van der Waals surface area contributed by atoms with Crippen LogP contribution in [-0.4, -0.2) is 19.5 Å². The molecule has 0 amide bonds. The third kappa shape index (κ3) is 6.26. The van der Waals surface area contributed by atoms with Crippen LogP contribution in [-0.2, 0) is 6.42 Å². The molecule has 2 heterocycles. The van der Waals surface area contributed by atoms with E-state index in [9.17, 15) is 0 Å². The first-order valence-electron chi connectivity index (χ1n) is 21.4. The van der Waals surface area contributed by atoms with Crippen molar-refractivity contribution in [3.8, 4) is 51.0 Å². The van der Waals surface area contributed by atoms with Crippen molar-refractivity contribution < 1.29 is 0 Å². The second kappa shape index (κ2) is 15.0. The molecule has 0 aliphatic heterocycles. The highest BCUT2D eigenvalue weighted by molar-refractivity contribution is 6.15. The Kier molecular flexibility index (Phi) is 9.00. The highest BCUT2D eigenvalue weighted by Gasteiger charge is 2.25. The summed E-state index contributed by atoms with van der Waals surface area (Å²) in [7, 11) is 0. The summed E-state index contributed by atoms with van der Waals surface area (Å²) in [4.78, 5) is 16.1. The number of hydrogen-bond acceptors (Lipinski definition) is 3. The van der Waals surface area contributed by atoms with E-state index in [-0.39, 0.29) is 0 Å². The number of benzene rings is 8. The maximum atomic E-state index is 5.45. The maximum Gasteiger partial charge on any atom is 0.164 e. The molecule has 0 radical (unpaired) electrons. The summed E-state index contributed by atoms with van der Waals surface area (Å²) < 4.78 is 2.43. The Balaban J connectivity index is 1.15. The number of aromatic nitrogens is 4. The van der Waals surface area contributed by atoms with Gasteiger partial charge in [0.05, 0.1) is 16.7 Å². The topological polar surface area (TPSA) is 43.6 Å². The van der Waals surface area contributed by atoms with Gasteiger partial charge in [0.25, 0.3) is 0 Å². The summed E-state index contributed by atoms with van der Waals surface area (Å²) in [6.07, 6.45) is 6.49. The number of para-hydroxylation sites is 1. The van der Waals surface area contributed by atoms with E-state index in [1.807, 2.05) is 0 Å². The van der Waals surface area contributed by atoms with E-state index in [1.54, 1.807) is 0 Å². The largest absolute Gasteiger partial charge is 0.309 e. The molecule has 1 unspecified atom stereocenters. The van der Waals surface area contributed by atoms with Gasteiger partial charge in [-0.1, -0.05) is 172 Å². The number of aryl methyl sites for hydroxylation is 1. The summed E-state index contributed by atoms with van der Waals surface area (Å²) in [5.74, 6) is 2.36. The Morgan fingerprint density at radius 3 is 1.95 bits per heavy atom. The van der Waals surface area contributed by atoms with Crippen molar-refractivity contribution in [1.29, 1.82) is 0 Å². The van der Waals surface area contributed by atoms with Crippen molar-refractivity contribution in [3.05, 3.63) is 199 Å². The van der Waals surface area contributed by atoms with E-state index in [4.69, 9.17) is 15.0 Å². The van der Waals surface area contributed by atoms with Gasteiger partial charge >= 0.3 is 0 Å². The van der Waals surface area contributed by atoms with E-state index in [1.165, 1.54) is 60.4 Å².